The first-order valence-corrected chi connectivity index (χ1v) is 5.86. The summed E-state index contributed by atoms with van der Waals surface area (Å²) < 4.78 is 40.1. The Kier molecular flexibility index (Phi) is 2.35. The predicted molar refractivity (Wildman–Crippen MR) is 49.2 cm³/mol. The Hall–Kier alpha value is -1.21. The number of pyridine rings is 1. The van der Waals surface area contributed by atoms with Crippen LogP contribution in [0, 0.1) is 5.95 Å². The molecule has 0 spiro atoms. The van der Waals surface area contributed by atoms with Gasteiger partial charge in [0.05, 0.1) is 12.3 Å². The number of ether oxygens (including phenoxy) is 1. The highest BCUT2D eigenvalue weighted by molar-refractivity contribution is 7.89. The summed E-state index contributed by atoms with van der Waals surface area (Å²) in [5.41, 5.74) is 0. The smallest absolute Gasteiger partial charge is 0.255 e. The van der Waals surface area contributed by atoms with E-state index in [1.54, 1.807) is 0 Å². The van der Waals surface area contributed by atoms with Gasteiger partial charge in [-0.3, -0.25) is 0 Å². The molecule has 2 N–H and O–H groups in total. The molecule has 1 aromatic heterocycles. The number of rotatable bonds is 3. The Morgan fingerprint density at radius 1 is 1.53 bits per heavy atom. The van der Waals surface area contributed by atoms with Crippen LogP contribution in [0.3, 0.4) is 0 Å². The number of sulfonamides is 1. The van der Waals surface area contributed by atoms with Crippen molar-refractivity contribution in [2.24, 2.45) is 5.14 Å². The number of hydrogen-bond acceptors (Lipinski definition) is 4. The minimum absolute atomic E-state index is 0.0305. The Bertz CT molecular complexity index is 485. The molecule has 5 nitrogen and oxygen atoms in total. The molecular weight excluding hydrogens is 223 g/mol. The third-order valence-corrected chi connectivity index (χ3v) is 2.81. The summed E-state index contributed by atoms with van der Waals surface area (Å²) >= 11 is 0. The lowest BCUT2D eigenvalue weighted by molar-refractivity contribution is 0.282. The molecule has 1 saturated carbocycles. The molecule has 1 fully saturated rings. The molecule has 7 heteroatoms. The number of primary sulfonamides is 1. The third kappa shape index (κ3) is 2.42. The van der Waals surface area contributed by atoms with Gasteiger partial charge in [0.25, 0.3) is 5.95 Å². The van der Waals surface area contributed by atoms with E-state index in [9.17, 15) is 12.8 Å². The zero-order chi connectivity index (χ0) is 11.1. The number of hydrogen-bond donors (Lipinski definition) is 1. The average Bonchev–Trinajstić information content (AvgIpc) is 2.90. The van der Waals surface area contributed by atoms with Crippen LogP contribution in [0.25, 0.3) is 0 Å². The topological polar surface area (TPSA) is 82.3 Å². The highest BCUT2D eigenvalue weighted by Crippen LogP contribution is 2.28. The van der Waals surface area contributed by atoms with Gasteiger partial charge < -0.3 is 4.74 Å². The van der Waals surface area contributed by atoms with E-state index in [4.69, 9.17) is 9.88 Å². The van der Waals surface area contributed by atoms with Gasteiger partial charge in [0.2, 0.25) is 10.0 Å². The van der Waals surface area contributed by atoms with E-state index in [0.717, 1.165) is 25.1 Å². The van der Waals surface area contributed by atoms with Gasteiger partial charge in [0, 0.05) is 6.07 Å². The fourth-order valence-electron chi connectivity index (χ4n) is 1.01. The Balaban J connectivity index is 2.35. The maximum absolute atomic E-state index is 13.1. The number of halogens is 1. The predicted octanol–water partition coefficient (Wildman–Crippen LogP) is 0.409. The van der Waals surface area contributed by atoms with Crippen molar-refractivity contribution in [3.8, 4) is 5.75 Å². The maximum atomic E-state index is 13.1. The molecule has 0 amide bonds. The van der Waals surface area contributed by atoms with Crippen LogP contribution in [0.1, 0.15) is 12.8 Å². The Labute approximate surface area is 86.1 Å². The summed E-state index contributed by atoms with van der Waals surface area (Å²) in [4.78, 5) is 3.03. The standard InChI is InChI=1S/C8H9FN2O3S/c9-8-7(14-5-1-2-5)3-6(4-11-8)15(10,12)13/h3-5H,1-2H2,(H2,10,12,13). The highest BCUT2D eigenvalue weighted by atomic mass is 32.2. The lowest BCUT2D eigenvalue weighted by Gasteiger charge is -2.05. The minimum Gasteiger partial charge on any atom is -0.486 e. The van der Waals surface area contributed by atoms with Crippen LogP contribution in [0.5, 0.6) is 5.75 Å². The van der Waals surface area contributed by atoms with Crippen LogP contribution in [0.4, 0.5) is 4.39 Å². The van der Waals surface area contributed by atoms with Crippen LogP contribution in [0.15, 0.2) is 17.2 Å². The summed E-state index contributed by atoms with van der Waals surface area (Å²) in [6.45, 7) is 0. The van der Waals surface area contributed by atoms with E-state index in [1.165, 1.54) is 0 Å². The van der Waals surface area contributed by atoms with Gasteiger partial charge in [-0.25, -0.2) is 18.5 Å². The normalized spacial score (nSPS) is 16.4. The lowest BCUT2D eigenvalue weighted by atomic mass is 10.4. The van der Waals surface area contributed by atoms with Crippen molar-refractivity contribution in [2.45, 2.75) is 23.8 Å². The molecular formula is C8H9FN2O3S. The molecule has 2 rings (SSSR count). The van der Waals surface area contributed by atoms with Gasteiger partial charge in [-0.15, -0.1) is 0 Å². The zero-order valence-corrected chi connectivity index (χ0v) is 8.50. The second-order valence-electron chi connectivity index (χ2n) is 3.32. The van der Waals surface area contributed by atoms with Crippen molar-refractivity contribution in [1.82, 2.24) is 4.98 Å². The molecule has 82 valence electrons. The largest absolute Gasteiger partial charge is 0.486 e. The summed E-state index contributed by atoms with van der Waals surface area (Å²) in [5, 5.41) is 4.88. The van der Waals surface area contributed by atoms with Crippen LogP contribution >= 0.6 is 0 Å². The highest BCUT2D eigenvalue weighted by Gasteiger charge is 2.26. The summed E-state index contributed by atoms with van der Waals surface area (Å²) in [7, 11) is -3.87. The fourth-order valence-corrected chi connectivity index (χ4v) is 1.48. The maximum Gasteiger partial charge on any atom is 0.255 e. The van der Waals surface area contributed by atoms with Gasteiger partial charge in [0.15, 0.2) is 5.75 Å². The van der Waals surface area contributed by atoms with Crippen molar-refractivity contribution in [2.75, 3.05) is 0 Å². The molecule has 0 aliphatic heterocycles. The first kappa shape index (κ1) is 10.3. The zero-order valence-electron chi connectivity index (χ0n) is 7.68. The Morgan fingerprint density at radius 3 is 2.73 bits per heavy atom. The molecule has 0 bridgehead atoms. The number of nitrogens with zero attached hydrogens (tertiary/aromatic N) is 1. The molecule has 1 aliphatic rings. The summed E-state index contributed by atoms with van der Waals surface area (Å²) in [5.74, 6) is -0.988. The third-order valence-electron chi connectivity index (χ3n) is 1.93. The molecule has 15 heavy (non-hydrogen) atoms. The van der Waals surface area contributed by atoms with Gasteiger partial charge in [-0.2, -0.15) is 4.39 Å². The summed E-state index contributed by atoms with van der Waals surface area (Å²) in [6.07, 6.45) is 2.53. The van der Waals surface area contributed by atoms with E-state index in [0.29, 0.717) is 0 Å². The molecule has 1 heterocycles. The monoisotopic (exact) mass is 232 g/mol. The van der Waals surface area contributed by atoms with Crippen molar-refractivity contribution < 1.29 is 17.5 Å². The molecule has 0 aromatic carbocycles. The van der Waals surface area contributed by atoms with Crippen LogP contribution in [-0.4, -0.2) is 19.5 Å². The second-order valence-corrected chi connectivity index (χ2v) is 4.88. The van der Waals surface area contributed by atoms with Crippen molar-refractivity contribution >= 4 is 10.0 Å². The van der Waals surface area contributed by atoms with Crippen LogP contribution in [0.2, 0.25) is 0 Å². The van der Waals surface area contributed by atoms with Gasteiger partial charge in [-0.1, -0.05) is 0 Å². The van der Waals surface area contributed by atoms with Gasteiger partial charge in [0.1, 0.15) is 4.90 Å². The molecule has 1 aliphatic carbocycles. The van der Waals surface area contributed by atoms with Crippen LogP contribution < -0.4 is 9.88 Å². The van der Waals surface area contributed by atoms with Crippen molar-refractivity contribution in [3.63, 3.8) is 0 Å². The second kappa shape index (κ2) is 3.42. The molecule has 1 aromatic rings. The first-order valence-electron chi connectivity index (χ1n) is 4.32. The van der Waals surface area contributed by atoms with E-state index >= 15 is 0 Å². The summed E-state index contributed by atoms with van der Waals surface area (Å²) in [6, 6.07) is 1.05. The number of nitrogens with two attached hydrogens (primary N) is 1. The first-order chi connectivity index (χ1) is 6.97. The number of aromatic nitrogens is 1. The van der Waals surface area contributed by atoms with E-state index in [1.807, 2.05) is 0 Å². The SMILES string of the molecule is NS(=O)(=O)c1cnc(F)c(OC2CC2)c1. The van der Waals surface area contributed by atoms with E-state index in [2.05, 4.69) is 4.98 Å². The van der Waals surface area contributed by atoms with E-state index in [-0.39, 0.29) is 16.7 Å². The minimum atomic E-state index is -3.87. The molecule has 0 atom stereocenters. The van der Waals surface area contributed by atoms with Crippen molar-refractivity contribution in [1.29, 1.82) is 0 Å². The molecule has 0 radical (unpaired) electrons. The average molecular weight is 232 g/mol. The van der Waals surface area contributed by atoms with Crippen molar-refractivity contribution in [3.05, 3.63) is 18.2 Å². The lowest BCUT2D eigenvalue weighted by Crippen LogP contribution is -2.13. The Morgan fingerprint density at radius 2 is 2.20 bits per heavy atom. The van der Waals surface area contributed by atoms with E-state index < -0.39 is 16.0 Å². The quantitative estimate of drug-likeness (QED) is 0.765. The van der Waals surface area contributed by atoms with Gasteiger partial charge >= 0.3 is 0 Å². The molecule has 0 unspecified atom stereocenters. The van der Waals surface area contributed by atoms with Gasteiger partial charge in [-0.05, 0) is 12.8 Å². The molecule has 0 saturated heterocycles. The fraction of sp³-hybridized carbons (Fsp3) is 0.375. The van der Waals surface area contributed by atoms with Crippen LogP contribution in [-0.2, 0) is 10.0 Å².